The van der Waals surface area contributed by atoms with Gasteiger partial charge in [0.05, 0.1) is 6.61 Å². The van der Waals surface area contributed by atoms with Crippen LogP contribution >= 0.6 is 0 Å². The first kappa shape index (κ1) is 53.1. The van der Waals surface area contributed by atoms with Gasteiger partial charge in [0.2, 0.25) is 0 Å². The molecule has 334 valence electrons. The van der Waals surface area contributed by atoms with Gasteiger partial charge in [0.15, 0.2) is 12.4 Å². The summed E-state index contributed by atoms with van der Waals surface area (Å²) in [5, 5.41) is 30.8. The van der Waals surface area contributed by atoms with E-state index in [4.69, 9.17) is 18.9 Å². The lowest BCUT2D eigenvalue weighted by atomic mass is 10.00. The summed E-state index contributed by atoms with van der Waals surface area (Å²) in [4.78, 5) is 25.3. The van der Waals surface area contributed by atoms with E-state index in [9.17, 15) is 37.9 Å². The topological polar surface area (TPSA) is 186 Å². The van der Waals surface area contributed by atoms with Crippen molar-refractivity contribution in [3.8, 4) is 0 Å². The Labute approximate surface area is 345 Å². The number of aliphatic hydroxyl groups excluding tert-OH is 3. The fourth-order valence-electron chi connectivity index (χ4n) is 6.71. The first-order valence-corrected chi connectivity index (χ1v) is 24.0. The predicted octanol–water partition coefficient (Wildman–Crippen LogP) is 8.84. The summed E-state index contributed by atoms with van der Waals surface area (Å²) in [6, 6.07) is 0. The molecular formula is C44H80O12S. The van der Waals surface area contributed by atoms with Crippen molar-refractivity contribution in [1.29, 1.82) is 0 Å². The SMILES string of the molecule is CCCC/C=C\CCCCCCCC(=O)OCC(COC1OC(CS(=O)(=O)O)C(O)C(O)C1O)OC(=O)CCCCCCCCC/C=C\CCCCCCCCC. The Kier molecular flexibility index (Phi) is 32.6. The van der Waals surface area contributed by atoms with E-state index in [1.54, 1.807) is 0 Å². The summed E-state index contributed by atoms with van der Waals surface area (Å²) in [6.45, 7) is 3.70. The van der Waals surface area contributed by atoms with Crippen molar-refractivity contribution >= 4 is 22.1 Å². The van der Waals surface area contributed by atoms with Crippen molar-refractivity contribution in [2.24, 2.45) is 0 Å². The van der Waals surface area contributed by atoms with E-state index in [-0.39, 0.29) is 19.4 Å². The number of unbranched alkanes of at least 4 members (excludes halogenated alkanes) is 21. The normalized spacial score (nSPS) is 20.7. The molecule has 0 amide bonds. The first-order valence-electron chi connectivity index (χ1n) is 22.4. The lowest BCUT2D eigenvalue weighted by molar-refractivity contribution is -0.297. The predicted molar refractivity (Wildman–Crippen MR) is 224 cm³/mol. The molecule has 0 saturated carbocycles. The maximum atomic E-state index is 12.8. The van der Waals surface area contributed by atoms with Gasteiger partial charge >= 0.3 is 11.9 Å². The van der Waals surface area contributed by atoms with Gasteiger partial charge in [0.1, 0.15) is 36.8 Å². The maximum absolute atomic E-state index is 12.8. The number of ether oxygens (including phenoxy) is 4. The van der Waals surface area contributed by atoms with E-state index in [0.29, 0.717) is 12.8 Å². The second-order valence-electron chi connectivity index (χ2n) is 15.7. The van der Waals surface area contributed by atoms with Crippen molar-refractivity contribution in [2.45, 2.75) is 224 Å². The molecule has 13 heteroatoms. The molecule has 0 radical (unpaired) electrons. The minimum Gasteiger partial charge on any atom is -0.462 e. The highest BCUT2D eigenvalue weighted by Crippen LogP contribution is 2.24. The monoisotopic (exact) mass is 833 g/mol. The smallest absolute Gasteiger partial charge is 0.306 e. The second-order valence-corrected chi connectivity index (χ2v) is 17.2. The third kappa shape index (κ3) is 29.9. The summed E-state index contributed by atoms with van der Waals surface area (Å²) >= 11 is 0. The van der Waals surface area contributed by atoms with Gasteiger partial charge in [-0.1, -0.05) is 141 Å². The van der Waals surface area contributed by atoms with Gasteiger partial charge in [-0.25, -0.2) is 0 Å². The van der Waals surface area contributed by atoms with E-state index >= 15 is 0 Å². The van der Waals surface area contributed by atoms with Gasteiger partial charge in [0.25, 0.3) is 10.1 Å². The van der Waals surface area contributed by atoms with E-state index < -0.39 is 71.2 Å². The number of carbonyl (C=O) groups excluding carboxylic acids is 2. The number of hydrogen-bond donors (Lipinski definition) is 4. The molecule has 1 aliphatic rings. The highest BCUT2D eigenvalue weighted by molar-refractivity contribution is 7.85. The van der Waals surface area contributed by atoms with E-state index in [1.807, 2.05) is 0 Å². The lowest BCUT2D eigenvalue weighted by Crippen LogP contribution is -2.60. The van der Waals surface area contributed by atoms with Crippen molar-refractivity contribution in [3.05, 3.63) is 24.3 Å². The molecule has 1 rings (SSSR count). The Hall–Kier alpha value is -1.87. The van der Waals surface area contributed by atoms with Gasteiger partial charge in [0, 0.05) is 12.8 Å². The fraction of sp³-hybridized carbons (Fsp3) is 0.864. The van der Waals surface area contributed by atoms with Gasteiger partial charge < -0.3 is 34.3 Å². The second kappa shape index (κ2) is 34.9. The number of hydrogen-bond acceptors (Lipinski definition) is 11. The minimum atomic E-state index is -4.60. The summed E-state index contributed by atoms with van der Waals surface area (Å²) in [5.41, 5.74) is 0. The Morgan fingerprint density at radius 1 is 0.579 bits per heavy atom. The molecule has 1 fully saturated rings. The van der Waals surface area contributed by atoms with Crippen LogP contribution in [0.4, 0.5) is 0 Å². The van der Waals surface area contributed by atoms with Crippen molar-refractivity contribution < 1.29 is 56.8 Å². The Bertz CT molecular complexity index is 1160. The van der Waals surface area contributed by atoms with Crippen molar-refractivity contribution in [2.75, 3.05) is 19.0 Å². The number of aliphatic hydroxyl groups is 3. The first-order chi connectivity index (χ1) is 27.5. The largest absolute Gasteiger partial charge is 0.462 e. The average molecular weight is 833 g/mol. The number of carbonyl (C=O) groups is 2. The molecule has 0 bridgehead atoms. The molecule has 0 aliphatic carbocycles. The summed E-state index contributed by atoms with van der Waals surface area (Å²) < 4.78 is 54.0. The Balaban J connectivity index is 2.44. The van der Waals surface area contributed by atoms with Crippen LogP contribution in [0.15, 0.2) is 24.3 Å². The zero-order chi connectivity index (χ0) is 42.0. The van der Waals surface area contributed by atoms with Gasteiger partial charge in [-0.15, -0.1) is 0 Å². The maximum Gasteiger partial charge on any atom is 0.306 e. The molecular weight excluding hydrogens is 753 g/mol. The Morgan fingerprint density at radius 2 is 1.02 bits per heavy atom. The third-order valence-electron chi connectivity index (χ3n) is 10.3. The lowest BCUT2D eigenvalue weighted by Gasteiger charge is -2.40. The molecule has 6 unspecified atom stereocenters. The molecule has 1 saturated heterocycles. The molecule has 0 aromatic carbocycles. The molecule has 1 heterocycles. The summed E-state index contributed by atoms with van der Waals surface area (Å²) in [6.07, 6.45) is 28.0. The van der Waals surface area contributed by atoms with Crippen LogP contribution in [-0.4, -0.2) is 96.0 Å². The van der Waals surface area contributed by atoms with E-state index in [0.717, 1.165) is 70.6 Å². The van der Waals surface area contributed by atoms with Crippen LogP contribution in [0.5, 0.6) is 0 Å². The molecule has 1 aliphatic heterocycles. The molecule has 0 aromatic rings. The molecule has 4 N–H and O–H groups in total. The molecule has 6 atom stereocenters. The van der Waals surface area contributed by atoms with Crippen LogP contribution in [0.2, 0.25) is 0 Å². The summed E-state index contributed by atoms with van der Waals surface area (Å²) in [7, 11) is -4.60. The van der Waals surface area contributed by atoms with Crippen LogP contribution in [-0.2, 0) is 38.7 Å². The zero-order valence-corrected chi connectivity index (χ0v) is 36.3. The number of esters is 2. The molecule has 0 aromatic heterocycles. The molecule has 0 spiro atoms. The minimum absolute atomic E-state index is 0.159. The zero-order valence-electron chi connectivity index (χ0n) is 35.4. The van der Waals surface area contributed by atoms with Crippen LogP contribution in [0, 0.1) is 0 Å². The van der Waals surface area contributed by atoms with Crippen molar-refractivity contribution in [3.63, 3.8) is 0 Å². The quantitative estimate of drug-likeness (QED) is 0.0202. The Morgan fingerprint density at radius 3 is 1.51 bits per heavy atom. The van der Waals surface area contributed by atoms with Gasteiger partial charge in [-0.3, -0.25) is 14.1 Å². The number of allylic oxidation sites excluding steroid dienone is 4. The number of rotatable bonds is 37. The average Bonchev–Trinajstić information content (AvgIpc) is 3.17. The van der Waals surface area contributed by atoms with E-state index in [1.165, 1.54) is 77.0 Å². The standard InChI is InChI=1S/C44H80O12S/c1-3-5-7-9-11-13-15-16-17-18-19-20-21-23-25-27-29-31-33-40(46)55-37(34-53-39(45)32-30-28-26-24-22-14-12-10-8-6-4-2)35-54-44-43(49)42(48)41(47)38(56-44)36-57(50,51)52/h10,12,17-18,37-38,41-44,47-49H,3-9,11,13-16,19-36H2,1-2H3,(H,50,51,52)/b12-10-,18-17-. The fourth-order valence-corrected chi connectivity index (χ4v) is 7.40. The van der Waals surface area contributed by atoms with E-state index in [2.05, 4.69) is 38.2 Å². The molecule has 12 nitrogen and oxygen atoms in total. The summed E-state index contributed by atoms with van der Waals surface area (Å²) in [5.74, 6) is -2.00. The van der Waals surface area contributed by atoms with Crippen LogP contribution in [0.25, 0.3) is 0 Å². The van der Waals surface area contributed by atoms with Crippen LogP contribution in [0.3, 0.4) is 0 Å². The van der Waals surface area contributed by atoms with Gasteiger partial charge in [-0.05, 0) is 57.8 Å². The highest BCUT2D eigenvalue weighted by atomic mass is 32.2. The van der Waals surface area contributed by atoms with Crippen LogP contribution < -0.4 is 0 Å². The van der Waals surface area contributed by atoms with Gasteiger partial charge in [-0.2, -0.15) is 8.42 Å². The molecule has 57 heavy (non-hydrogen) atoms. The van der Waals surface area contributed by atoms with Crippen LogP contribution in [0.1, 0.15) is 187 Å². The van der Waals surface area contributed by atoms with Crippen molar-refractivity contribution in [1.82, 2.24) is 0 Å². The highest BCUT2D eigenvalue weighted by Gasteiger charge is 2.46. The third-order valence-corrected chi connectivity index (χ3v) is 11.0.